The molecule has 0 radical (unpaired) electrons. The van der Waals surface area contributed by atoms with Crippen molar-refractivity contribution in [1.82, 2.24) is 5.32 Å². The van der Waals surface area contributed by atoms with Gasteiger partial charge in [0.15, 0.2) is 12.4 Å². The average Bonchev–Trinajstić information content (AvgIpc) is 2.93. The molecule has 0 fully saturated rings. The fourth-order valence-corrected chi connectivity index (χ4v) is 2.28. The number of carbonyl (C=O) groups excluding carboxylic acids is 2. The molecule has 2 N–H and O–H groups in total. The molecule has 2 aromatic rings. The van der Waals surface area contributed by atoms with E-state index in [-0.39, 0.29) is 30.2 Å². The van der Waals surface area contributed by atoms with Crippen LogP contribution in [-0.2, 0) is 4.79 Å². The molecular formula is C16H16N2O4. The quantitative estimate of drug-likeness (QED) is 0.912. The highest BCUT2D eigenvalue weighted by molar-refractivity contribution is 5.95. The molecule has 0 saturated heterocycles. The molecule has 0 saturated carbocycles. The van der Waals surface area contributed by atoms with Gasteiger partial charge < -0.3 is 19.8 Å². The van der Waals surface area contributed by atoms with Crippen molar-refractivity contribution in [2.45, 2.75) is 19.9 Å². The fourth-order valence-electron chi connectivity index (χ4n) is 2.28. The summed E-state index contributed by atoms with van der Waals surface area (Å²) in [6.45, 7) is 3.67. The Bertz CT molecular complexity index is 735. The van der Waals surface area contributed by atoms with Crippen LogP contribution >= 0.6 is 0 Å². The van der Waals surface area contributed by atoms with Gasteiger partial charge in [-0.3, -0.25) is 9.59 Å². The molecule has 6 heteroatoms. The Balaban J connectivity index is 1.75. The van der Waals surface area contributed by atoms with Gasteiger partial charge >= 0.3 is 0 Å². The monoisotopic (exact) mass is 300 g/mol. The van der Waals surface area contributed by atoms with Gasteiger partial charge in [0.2, 0.25) is 0 Å². The third kappa shape index (κ3) is 2.81. The van der Waals surface area contributed by atoms with E-state index in [4.69, 9.17) is 9.15 Å². The summed E-state index contributed by atoms with van der Waals surface area (Å²) in [5, 5.41) is 5.61. The molecule has 22 heavy (non-hydrogen) atoms. The molecule has 3 rings (SSSR count). The lowest BCUT2D eigenvalue weighted by molar-refractivity contribution is -0.118. The third-order valence-electron chi connectivity index (χ3n) is 3.45. The number of hydrogen-bond donors (Lipinski definition) is 2. The molecular weight excluding hydrogens is 284 g/mol. The van der Waals surface area contributed by atoms with Crippen LogP contribution in [0, 0.1) is 6.92 Å². The number of ether oxygens (including phenoxy) is 1. The van der Waals surface area contributed by atoms with Crippen molar-refractivity contribution < 1.29 is 18.7 Å². The van der Waals surface area contributed by atoms with Crippen LogP contribution in [0.2, 0.25) is 0 Å². The second kappa shape index (κ2) is 5.55. The number of anilines is 1. The summed E-state index contributed by atoms with van der Waals surface area (Å²) in [6.07, 6.45) is 0. The normalized spacial score (nSPS) is 14.5. The highest BCUT2D eigenvalue weighted by atomic mass is 16.5. The van der Waals surface area contributed by atoms with E-state index in [1.54, 1.807) is 31.2 Å². The molecule has 2 amide bonds. The number of amides is 2. The maximum Gasteiger partial charge on any atom is 0.287 e. The van der Waals surface area contributed by atoms with Crippen LogP contribution in [0.15, 0.2) is 34.7 Å². The molecule has 114 valence electrons. The Morgan fingerprint density at radius 2 is 2.14 bits per heavy atom. The first-order chi connectivity index (χ1) is 10.5. The average molecular weight is 300 g/mol. The number of fused-ring (bicyclic) bond motifs is 1. The van der Waals surface area contributed by atoms with E-state index in [2.05, 4.69) is 10.6 Å². The second-order valence-corrected chi connectivity index (χ2v) is 5.20. The zero-order valence-corrected chi connectivity index (χ0v) is 12.3. The number of hydrogen-bond acceptors (Lipinski definition) is 4. The van der Waals surface area contributed by atoms with Gasteiger partial charge in [0.05, 0.1) is 11.7 Å². The standard InChI is InChI=1S/C16H16N2O4/c1-9-3-5-14(22-9)16(20)17-10(2)11-4-6-13-12(7-11)18-15(19)8-21-13/h3-7,10H,8H2,1-2H3,(H,17,20)(H,18,19). The smallest absolute Gasteiger partial charge is 0.287 e. The molecule has 1 aromatic heterocycles. The van der Waals surface area contributed by atoms with Crippen LogP contribution in [0.25, 0.3) is 0 Å². The van der Waals surface area contributed by atoms with Crippen LogP contribution in [0.3, 0.4) is 0 Å². The molecule has 1 aromatic carbocycles. The van der Waals surface area contributed by atoms with Crippen molar-refractivity contribution in [3.63, 3.8) is 0 Å². The maximum absolute atomic E-state index is 12.1. The van der Waals surface area contributed by atoms with Gasteiger partial charge in [-0.05, 0) is 43.7 Å². The highest BCUT2D eigenvalue weighted by Crippen LogP contribution is 2.30. The molecule has 1 aliphatic rings. The van der Waals surface area contributed by atoms with Gasteiger partial charge in [-0.25, -0.2) is 0 Å². The van der Waals surface area contributed by atoms with Crippen LogP contribution in [0.1, 0.15) is 34.8 Å². The van der Waals surface area contributed by atoms with Gasteiger partial charge in [0.1, 0.15) is 11.5 Å². The van der Waals surface area contributed by atoms with Crippen molar-refractivity contribution in [3.8, 4) is 5.75 Å². The number of carbonyl (C=O) groups is 2. The first-order valence-electron chi connectivity index (χ1n) is 6.97. The predicted molar refractivity (Wildman–Crippen MR) is 79.9 cm³/mol. The first-order valence-corrected chi connectivity index (χ1v) is 6.97. The van der Waals surface area contributed by atoms with Gasteiger partial charge in [0, 0.05) is 0 Å². The lowest BCUT2D eigenvalue weighted by Crippen LogP contribution is -2.28. The van der Waals surface area contributed by atoms with Crippen molar-refractivity contribution in [3.05, 3.63) is 47.4 Å². The lowest BCUT2D eigenvalue weighted by Gasteiger charge is -2.20. The van der Waals surface area contributed by atoms with Crippen LogP contribution in [0.4, 0.5) is 5.69 Å². The fraction of sp³-hybridized carbons (Fsp3) is 0.250. The zero-order chi connectivity index (χ0) is 15.7. The SMILES string of the molecule is Cc1ccc(C(=O)NC(C)c2ccc3c(c2)NC(=O)CO3)o1. The number of furan rings is 1. The zero-order valence-electron chi connectivity index (χ0n) is 12.3. The number of nitrogens with one attached hydrogen (secondary N) is 2. The molecule has 0 bridgehead atoms. The van der Waals surface area contributed by atoms with Crippen LogP contribution in [-0.4, -0.2) is 18.4 Å². The molecule has 0 aliphatic carbocycles. The largest absolute Gasteiger partial charge is 0.482 e. The van der Waals surface area contributed by atoms with E-state index in [1.165, 1.54) is 0 Å². The number of aryl methyl sites for hydroxylation is 1. The second-order valence-electron chi connectivity index (χ2n) is 5.20. The Kier molecular flexibility index (Phi) is 3.58. The van der Waals surface area contributed by atoms with Crippen LogP contribution in [0.5, 0.6) is 5.75 Å². The first kappa shape index (κ1) is 14.2. The third-order valence-corrected chi connectivity index (χ3v) is 3.45. The van der Waals surface area contributed by atoms with Crippen LogP contribution < -0.4 is 15.4 Å². The Hall–Kier alpha value is -2.76. The summed E-state index contributed by atoms with van der Waals surface area (Å²) in [5.74, 6) is 1.12. The van der Waals surface area contributed by atoms with Crippen molar-refractivity contribution in [2.75, 3.05) is 11.9 Å². The Labute approximate surface area is 127 Å². The Morgan fingerprint density at radius 1 is 1.32 bits per heavy atom. The molecule has 2 heterocycles. The predicted octanol–water partition coefficient (Wildman–Crippen LogP) is 2.41. The van der Waals surface area contributed by atoms with Gasteiger partial charge in [-0.15, -0.1) is 0 Å². The van der Waals surface area contributed by atoms with E-state index in [1.807, 2.05) is 13.0 Å². The molecule has 0 spiro atoms. The number of rotatable bonds is 3. The summed E-state index contributed by atoms with van der Waals surface area (Å²) < 4.78 is 10.6. The van der Waals surface area contributed by atoms with E-state index in [0.717, 1.165) is 5.56 Å². The highest BCUT2D eigenvalue weighted by Gasteiger charge is 2.19. The minimum Gasteiger partial charge on any atom is -0.482 e. The molecule has 1 atom stereocenters. The summed E-state index contributed by atoms with van der Waals surface area (Å²) in [7, 11) is 0. The van der Waals surface area contributed by atoms with Gasteiger partial charge in [-0.1, -0.05) is 6.07 Å². The Morgan fingerprint density at radius 3 is 2.86 bits per heavy atom. The van der Waals surface area contributed by atoms with E-state index >= 15 is 0 Å². The van der Waals surface area contributed by atoms with E-state index in [0.29, 0.717) is 17.2 Å². The minimum absolute atomic E-state index is 0.0243. The van der Waals surface area contributed by atoms with Crippen molar-refractivity contribution >= 4 is 17.5 Å². The lowest BCUT2D eigenvalue weighted by atomic mass is 10.1. The summed E-state index contributed by atoms with van der Waals surface area (Å²) >= 11 is 0. The minimum atomic E-state index is -0.279. The van der Waals surface area contributed by atoms with E-state index in [9.17, 15) is 9.59 Å². The van der Waals surface area contributed by atoms with Gasteiger partial charge in [0.25, 0.3) is 11.8 Å². The summed E-state index contributed by atoms with van der Waals surface area (Å²) in [4.78, 5) is 23.4. The topological polar surface area (TPSA) is 80.6 Å². The van der Waals surface area contributed by atoms with Crippen molar-refractivity contribution in [2.24, 2.45) is 0 Å². The summed E-state index contributed by atoms with van der Waals surface area (Å²) in [6, 6.07) is 8.58. The number of benzene rings is 1. The summed E-state index contributed by atoms with van der Waals surface area (Å²) in [5.41, 5.74) is 1.48. The van der Waals surface area contributed by atoms with E-state index < -0.39 is 0 Å². The molecule has 1 unspecified atom stereocenters. The maximum atomic E-state index is 12.1. The molecule has 6 nitrogen and oxygen atoms in total. The van der Waals surface area contributed by atoms with Crippen molar-refractivity contribution in [1.29, 1.82) is 0 Å². The molecule has 1 aliphatic heterocycles. The van der Waals surface area contributed by atoms with Gasteiger partial charge in [-0.2, -0.15) is 0 Å².